The average Bonchev–Trinajstić information content (AvgIpc) is 2.46. The van der Waals surface area contributed by atoms with Gasteiger partial charge in [0.2, 0.25) is 5.91 Å². The highest BCUT2D eigenvalue weighted by molar-refractivity contribution is 5.80. The van der Waals surface area contributed by atoms with Gasteiger partial charge in [0.15, 0.2) is 0 Å². The summed E-state index contributed by atoms with van der Waals surface area (Å²) in [7, 11) is 0. The van der Waals surface area contributed by atoms with E-state index in [0.717, 1.165) is 18.4 Å². The number of carbonyl (C=O) groups excluding carboxylic acids is 1. The van der Waals surface area contributed by atoms with Gasteiger partial charge in [0, 0.05) is 12.5 Å². The molecule has 0 heterocycles. The highest BCUT2D eigenvalue weighted by Gasteiger charge is 2.30. The first-order valence-electron chi connectivity index (χ1n) is 7.95. The molecule has 22 heavy (non-hydrogen) atoms. The zero-order chi connectivity index (χ0) is 16.3. The second-order valence-corrected chi connectivity index (χ2v) is 6.49. The number of carboxylic acid groups (broad SMARTS) is 1. The molecule has 1 aromatic carbocycles. The van der Waals surface area contributed by atoms with Crippen molar-refractivity contribution in [2.24, 2.45) is 11.8 Å². The first-order valence-corrected chi connectivity index (χ1v) is 7.95. The van der Waals surface area contributed by atoms with Crippen LogP contribution in [-0.4, -0.2) is 17.0 Å². The topological polar surface area (TPSA) is 66.4 Å². The van der Waals surface area contributed by atoms with Crippen LogP contribution < -0.4 is 5.32 Å². The van der Waals surface area contributed by atoms with Gasteiger partial charge in [-0.1, -0.05) is 24.1 Å². The Balaban J connectivity index is 1.97. The summed E-state index contributed by atoms with van der Waals surface area (Å²) >= 11 is 0. The second kappa shape index (κ2) is 6.95. The summed E-state index contributed by atoms with van der Waals surface area (Å²) in [6.07, 6.45) is 2.77. The largest absolute Gasteiger partial charge is 0.481 e. The molecular weight excluding hydrogens is 278 g/mol. The van der Waals surface area contributed by atoms with Gasteiger partial charge >= 0.3 is 5.97 Å². The molecule has 1 amide bonds. The van der Waals surface area contributed by atoms with Gasteiger partial charge in [-0.05, 0) is 56.7 Å². The number of aliphatic carboxylic acids is 1. The lowest BCUT2D eigenvalue weighted by molar-refractivity contribution is -0.144. The van der Waals surface area contributed by atoms with Gasteiger partial charge in [0.05, 0.1) is 5.92 Å². The molecule has 0 radical (unpaired) electrons. The van der Waals surface area contributed by atoms with Crippen LogP contribution in [0.2, 0.25) is 0 Å². The van der Waals surface area contributed by atoms with E-state index in [0.29, 0.717) is 19.4 Å². The van der Waals surface area contributed by atoms with E-state index >= 15 is 0 Å². The summed E-state index contributed by atoms with van der Waals surface area (Å²) in [5, 5.41) is 12.1. The molecule has 2 unspecified atom stereocenters. The molecule has 0 aromatic heterocycles. The third-order valence-electron chi connectivity index (χ3n) is 4.67. The summed E-state index contributed by atoms with van der Waals surface area (Å²) in [5.41, 5.74) is 4.75. The number of carboxylic acids is 1. The predicted molar refractivity (Wildman–Crippen MR) is 85.6 cm³/mol. The molecule has 1 saturated carbocycles. The molecule has 0 aliphatic heterocycles. The number of hydrogen-bond acceptors (Lipinski definition) is 2. The summed E-state index contributed by atoms with van der Waals surface area (Å²) in [6.45, 7) is 6.70. The molecule has 1 aliphatic rings. The van der Waals surface area contributed by atoms with Gasteiger partial charge < -0.3 is 10.4 Å². The van der Waals surface area contributed by atoms with Crippen molar-refractivity contribution in [2.45, 2.75) is 53.0 Å². The summed E-state index contributed by atoms with van der Waals surface area (Å²) in [5.74, 6) is -1.32. The van der Waals surface area contributed by atoms with Crippen molar-refractivity contribution in [3.8, 4) is 0 Å². The van der Waals surface area contributed by atoms with Crippen LogP contribution >= 0.6 is 0 Å². The number of carbonyl (C=O) groups is 2. The number of aryl methyl sites for hydroxylation is 3. The molecule has 120 valence electrons. The standard InChI is InChI=1S/C18H25NO3/c1-11-7-12(2)16(13(3)8-11)10-19-17(20)14-5-4-6-15(9-14)18(21)22/h7-8,14-15H,4-6,9-10H2,1-3H3,(H,19,20)(H,21,22). The van der Waals surface area contributed by atoms with Crippen LogP contribution in [0.25, 0.3) is 0 Å². The zero-order valence-electron chi connectivity index (χ0n) is 13.6. The Morgan fingerprint density at radius 3 is 2.32 bits per heavy atom. The first-order chi connectivity index (χ1) is 10.4. The predicted octanol–water partition coefficient (Wildman–Crippen LogP) is 3.12. The minimum absolute atomic E-state index is 0.00896. The Hall–Kier alpha value is -1.84. The fraction of sp³-hybridized carbons (Fsp3) is 0.556. The second-order valence-electron chi connectivity index (χ2n) is 6.49. The minimum Gasteiger partial charge on any atom is -0.481 e. The van der Waals surface area contributed by atoms with Gasteiger partial charge in [-0.2, -0.15) is 0 Å². The third kappa shape index (κ3) is 3.87. The van der Waals surface area contributed by atoms with E-state index < -0.39 is 5.97 Å². The Morgan fingerprint density at radius 1 is 1.14 bits per heavy atom. The molecule has 0 spiro atoms. The number of rotatable bonds is 4. The molecule has 2 rings (SSSR count). The van der Waals surface area contributed by atoms with Crippen LogP contribution in [0.5, 0.6) is 0 Å². The van der Waals surface area contributed by atoms with Crippen molar-refractivity contribution in [1.29, 1.82) is 0 Å². The van der Waals surface area contributed by atoms with Crippen molar-refractivity contribution in [2.75, 3.05) is 0 Å². The molecule has 1 fully saturated rings. The van der Waals surface area contributed by atoms with Crippen LogP contribution in [0, 0.1) is 32.6 Å². The summed E-state index contributed by atoms with van der Waals surface area (Å²) in [4.78, 5) is 23.4. The quantitative estimate of drug-likeness (QED) is 0.898. The lowest BCUT2D eigenvalue weighted by Crippen LogP contribution is -2.35. The van der Waals surface area contributed by atoms with E-state index in [1.165, 1.54) is 16.7 Å². The summed E-state index contributed by atoms with van der Waals surface area (Å²) in [6, 6.07) is 4.24. The van der Waals surface area contributed by atoms with Crippen molar-refractivity contribution in [1.82, 2.24) is 5.32 Å². The number of benzene rings is 1. The van der Waals surface area contributed by atoms with Crippen molar-refractivity contribution >= 4 is 11.9 Å². The van der Waals surface area contributed by atoms with Crippen LogP contribution in [0.1, 0.15) is 47.9 Å². The van der Waals surface area contributed by atoms with Crippen molar-refractivity contribution < 1.29 is 14.7 Å². The van der Waals surface area contributed by atoms with Crippen LogP contribution in [0.15, 0.2) is 12.1 Å². The van der Waals surface area contributed by atoms with E-state index in [4.69, 9.17) is 5.11 Å². The molecule has 0 bridgehead atoms. The average molecular weight is 303 g/mol. The normalized spacial score (nSPS) is 21.4. The SMILES string of the molecule is Cc1cc(C)c(CNC(=O)C2CCCC(C(=O)O)C2)c(C)c1. The molecule has 4 nitrogen and oxygen atoms in total. The van der Waals surface area contributed by atoms with Gasteiger partial charge in [0.25, 0.3) is 0 Å². The molecule has 4 heteroatoms. The van der Waals surface area contributed by atoms with E-state index in [2.05, 4.69) is 38.2 Å². The molecule has 0 saturated heterocycles. The number of amides is 1. The zero-order valence-corrected chi connectivity index (χ0v) is 13.6. The van der Waals surface area contributed by atoms with Crippen molar-refractivity contribution in [3.63, 3.8) is 0 Å². The lowest BCUT2D eigenvalue weighted by Gasteiger charge is -2.26. The minimum atomic E-state index is -0.775. The lowest BCUT2D eigenvalue weighted by atomic mass is 9.81. The van der Waals surface area contributed by atoms with Gasteiger partial charge in [-0.15, -0.1) is 0 Å². The van der Waals surface area contributed by atoms with Crippen LogP contribution in [0.3, 0.4) is 0 Å². The molecule has 1 aliphatic carbocycles. The van der Waals surface area contributed by atoms with Crippen LogP contribution in [0.4, 0.5) is 0 Å². The Morgan fingerprint density at radius 2 is 1.73 bits per heavy atom. The fourth-order valence-corrected chi connectivity index (χ4v) is 3.46. The highest BCUT2D eigenvalue weighted by Crippen LogP contribution is 2.29. The van der Waals surface area contributed by atoms with Gasteiger partial charge in [-0.3, -0.25) is 9.59 Å². The van der Waals surface area contributed by atoms with E-state index in [1.807, 2.05) is 0 Å². The van der Waals surface area contributed by atoms with Crippen LogP contribution in [-0.2, 0) is 16.1 Å². The maximum absolute atomic E-state index is 12.3. The van der Waals surface area contributed by atoms with Gasteiger partial charge in [0.1, 0.15) is 0 Å². The Labute approximate surface area is 131 Å². The fourth-order valence-electron chi connectivity index (χ4n) is 3.46. The van der Waals surface area contributed by atoms with E-state index in [9.17, 15) is 9.59 Å². The van der Waals surface area contributed by atoms with E-state index in [1.54, 1.807) is 0 Å². The number of hydrogen-bond donors (Lipinski definition) is 2. The molecule has 2 atom stereocenters. The third-order valence-corrected chi connectivity index (χ3v) is 4.67. The molecule has 2 N–H and O–H groups in total. The molecule has 1 aromatic rings. The van der Waals surface area contributed by atoms with Gasteiger partial charge in [-0.25, -0.2) is 0 Å². The van der Waals surface area contributed by atoms with E-state index in [-0.39, 0.29) is 17.7 Å². The van der Waals surface area contributed by atoms with Crippen molar-refractivity contribution in [3.05, 3.63) is 34.4 Å². The maximum atomic E-state index is 12.3. The Bertz CT molecular complexity index is 557. The highest BCUT2D eigenvalue weighted by atomic mass is 16.4. The first kappa shape index (κ1) is 16.5. The maximum Gasteiger partial charge on any atom is 0.306 e. The summed E-state index contributed by atoms with van der Waals surface area (Å²) < 4.78 is 0. The smallest absolute Gasteiger partial charge is 0.306 e. The monoisotopic (exact) mass is 303 g/mol. The molecular formula is C18H25NO3. The number of nitrogens with one attached hydrogen (secondary N) is 1. The Kier molecular flexibility index (Phi) is 5.22.